The zero-order valence-electron chi connectivity index (χ0n) is 24.4. The van der Waals surface area contributed by atoms with Crippen molar-refractivity contribution < 1.29 is 19.8 Å². The first kappa shape index (κ1) is 30.2. The summed E-state index contributed by atoms with van der Waals surface area (Å²) in [4.78, 5) is 27.3. The molecule has 2 atom stereocenters. The van der Waals surface area contributed by atoms with Crippen LogP contribution < -0.4 is 10.6 Å². The zero-order valence-corrected chi connectivity index (χ0v) is 25.1. The first-order valence-electron chi connectivity index (χ1n) is 14.8. The molecule has 1 spiro atoms. The number of aryl methyl sites for hydroxylation is 1. The minimum absolute atomic E-state index is 0.0408. The lowest BCUT2D eigenvalue weighted by Gasteiger charge is -2.62. The van der Waals surface area contributed by atoms with Crippen LogP contribution in [0.4, 0.5) is 0 Å². The lowest BCUT2D eigenvalue weighted by molar-refractivity contribution is -0.124. The number of fused-ring (bicyclic) bond motifs is 2. The molecule has 1 heterocycles. The fourth-order valence-corrected chi connectivity index (χ4v) is 7.23. The fraction of sp³-hybridized carbons (Fsp3) is 0.412. The van der Waals surface area contributed by atoms with Crippen LogP contribution in [0.3, 0.4) is 0 Å². The van der Waals surface area contributed by atoms with E-state index >= 15 is 0 Å². The summed E-state index contributed by atoms with van der Waals surface area (Å²) in [6.07, 6.45) is 3.26. The number of nitrogens with zero attached hydrogens (tertiary/aromatic N) is 1. The largest absolute Gasteiger partial charge is 0.387 e. The van der Waals surface area contributed by atoms with Crippen LogP contribution in [0.25, 0.3) is 11.1 Å². The van der Waals surface area contributed by atoms with Gasteiger partial charge in [0, 0.05) is 47.7 Å². The molecule has 0 unspecified atom stereocenters. The Balaban J connectivity index is 1.53. The third kappa shape index (κ3) is 5.35. The Morgan fingerprint density at radius 1 is 1.07 bits per heavy atom. The van der Waals surface area contributed by atoms with E-state index in [1.165, 1.54) is 5.56 Å². The summed E-state index contributed by atoms with van der Waals surface area (Å²) in [5, 5.41) is 28.3. The number of carbonyl (C=O) groups excluding carboxylic acids is 2. The first-order chi connectivity index (χ1) is 20.3. The van der Waals surface area contributed by atoms with Crippen molar-refractivity contribution in [2.45, 2.75) is 56.6 Å². The Hall–Kier alpha value is -3.23. The van der Waals surface area contributed by atoms with Crippen LogP contribution in [0.1, 0.15) is 65.2 Å². The fourth-order valence-electron chi connectivity index (χ4n) is 6.96. The monoisotopic (exact) mass is 589 g/mol. The summed E-state index contributed by atoms with van der Waals surface area (Å²) in [7, 11) is 1.89. The molecule has 0 aromatic heterocycles. The number of likely N-dealkylation sites (tertiary alicyclic amines) is 1. The van der Waals surface area contributed by atoms with Crippen LogP contribution >= 0.6 is 11.6 Å². The predicted molar refractivity (Wildman–Crippen MR) is 166 cm³/mol. The zero-order chi connectivity index (χ0) is 29.9. The van der Waals surface area contributed by atoms with E-state index in [-0.39, 0.29) is 5.91 Å². The van der Waals surface area contributed by atoms with Gasteiger partial charge in [0.05, 0.1) is 0 Å². The molecular weight excluding hydrogens is 550 g/mol. The van der Waals surface area contributed by atoms with Crippen molar-refractivity contribution in [3.63, 3.8) is 0 Å². The van der Waals surface area contributed by atoms with Crippen molar-refractivity contribution in [2.75, 3.05) is 33.3 Å². The van der Waals surface area contributed by atoms with Crippen molar-refractivity contribution in [2.24, 2.45) is 0 Å². The highest BCUT2D eigenvalue weighted by Gasteiger charge is 2.64. The lowest BCUT2D eigenvalue weighted by Crippen LogP contribution is -2.66. The summed E-state index contributed by atoms with van der Waals surface area (Å²) < 4.78 is 0. The molecule has 1 fully saturated rings. The van der Waals surface area contributed by atoms with Crippen LogP contribution in [-0.4, -0.2) is 60.2 Å². The number of carbonyl (C=O) groups is 2. The molecule has 0 bridgehead atoms. The number of rotatable bonds is 10. The molecule has 5 rings (SSSR count). The Morgan fingerprint density at radius 3 is 2.57 bits per heavy atom. The third-order valence-electron chi connectivity index (χ3n) is 9.04. The maximum absolute atomic E-state index is 13.7. The molecule has 1 aliphatic heterocycles. The van der Waals surface area contributed by atoms with Gasteiger partial charge in [-0.05, 0) is 85.2 Å². The lowest BCUT2D eigenvalue weighted by atomic mass is 9.47. The summed E-state index contributed by atoms with van der Waals surface area (Å²) in [5.41, 5.74) is 4.65. The minimum Gasteiger partial charge on any atom is -0.387 e. The molecule has 42 heavy (non-hydrogen) atoms. The Morgan fingerprint density at radius 2 is 1.86 bits per heavy atom. The standard InChI is InChI=1S/C34H40ClN3O4/c1-3-23-7-4-8-26(19-23)30-28(35)14-13-27-31(30)34(42,16-5-17-37-29(40)21-39)33(27)15-6-18-38(22-33)32(41)25-11-9-24(10-12-25)20-36-2/h4,7-14,19,36,39,42H,3,5-6,15-18,20-22H2,1-2H3,(H,37,40)/t33-,34-/m1/s1. The normalized spacial score (nSPS) is 21.1. The maximum Gasteiger partial charge on any atom is 0.253 e. The molecule has 2 amide bonds. The van der Waals surface area contributed by atoms with Crippen molar-refractivity contribution in [1.82, 2.24) is 15.5 Å². The molecule has 222 valence electrons. The van der Waals surface area contributed by atoms with E-state index in [0.29, 0.717) is 43.1 Å². The van der Waals surface area contributed by atoms with E-state index < -0.39 is 23.5 Å². The van der Waals surface area contributed by atoms with E-state index in [0.717, 1.165) is 53.6 Å². The molecule has 8 heteroatoms. The molecular formula is C34H40ClN3O4. The van der Waals surface area contributed by atoms with Gasteiger partial charge in [-0.1, -0.05) is 61.0 Å². The van der Waals surface area contributed by atoms with Gasteiger partial charge in [0.1, 0.15) is 12.2 Å². The van der Waals surface area contributed by atoms with Gasteiger partial charge in [-0.3, -0.25) is 9.59 Å². The molecule has 1 saturated heterocycles. The van der Waals surface area contributed by atoms with Gasteiger partial charge >= 0.3 is 0 Å². The number of hydrogen-bond acceptors (Lipinski definition) is 5. The van der Waals surface area contributed by atoms with E-state index in [2.05, 4.69) is 29.7 Å². The van der Waals surface area contributed by atoms with Gasteiger partial charge in [-0.25, -0.2) is 0 Å². The molecule has 3 aromatic rings. The highest BCUT2D eigenvalue weighted by Crippen LogP contribution is 2.64. The predicted octanol–water partition coefficient (Wildman–Crippen LogP) is 4.55. The van der Waals surface area contributed by atoms with Crippen molar-refractivity contribution in [3.05, 3.63) is 93.5 Å². The van der Waals surface area contributed by atoms with E-state index in [1.54, 1.807) is 0 Å². The summed E-state index contributed by atoms with van der Waals surface area (Å²) in [5.74, 6) is -0.484. The van der Waals surface area contributed by atoms with Gasteiger partial charge in [-0.2, -0.15) is 0 Å². The van der Waals surface area contributed by atoms with Gasteiger partial charge in [0.25, 0.3) is 5.91 Å². The topological polar surface area (TPSA) is 102 Å². The second-order valence-corrected chi connectivity index (χ2v) is 11.9. The Kier molecular flexibility index (Phi) is 9.04. The minimum atomic E-state index is -1.26. The molecule has 0 saturated carbocycles. The van der Waals surface area contributed by atoms with Gasteiger partial charge in [-0.15, -0.1) is 0 Å². The number of halogens is 1. The van der Waals surface area contributed by atoms with Crippen LogP contribution in [-0.2, 0) is 28.8 Å². The van der Waals surface area contributed by atoms with Crippen molar-refractivity contribution in [3.8, 4) is 11.1 Å². The van der Waals surface area contributed by atoms with E-state index in [4.69, 9.17) is 16.7 Å². The molecule has 1 aliphatic carbocycles. The molecule has 3 aromatic carbocycles. The smallest absolute Gasteiger partial charge is 0.253 e. The molecule has 0 radical (unpaired) electrons. The Labute approximate surface area is 252 Å². The van der Waals surface area contributed by atoms with E-state index in [1.807, 2.05) is 60.5 Å². The molecule has 4 N–H and O–H groups in total. The average molecular weight is 590 g/mol. The maximum atomic E-state index is 13.7. The third-order valence-corrected chi connectivity index (χ3v) is 9.36. The number of amides is 2. The van der Waals surface area contributed by atoms with Crippen molar-refractivity contribution >= 4 is 23.4 Å². The SMILES string of the molecule is CCc1cccc(-c2c(Cl)ccc3c2[C@](O)(CCCNC(=O)CO)[C@@]32CCCN(C(=O)c3ccc(CNC)cc3)C2)c1. The number of aliphatic hydroxyl groups excluding tert-OH is 1. The second kappa shape index (κ2) is 12.6. The highest BCUT2D eigenvalue weighted by molar-refractivity contribution is 6.33. The van der Waals surface area contributed by atoms with E-state index in [9.17, 15) is 14.7 Å². The summed E-state index contributed by atoms with van der Waals surface area (Å²) in [6, 6.07) is 19.9. The van der Waals surface area contributed by atoms with Crippen LogP contribution in [0.2, 0.25) is 5.02 Å². The average Bonchev–Trinajstić information content (AvgIpc) is 3.02. The number of nitrogens with one attached hydrogen (secondary N) is 2. The highest BCUT2D eigenvalue weighted by atomic mass is 35.5. The summed E-state index contributed by atoms with van der Waals surface area (Å²) in [6.45, 7) is 3.61. The Bertz CT molecular complexity index is 1460. The first-order valence-corrected chi connectivity index (χ1v) is 15.2. The number of hydrogen-bond donors (Lipinski definition) is 4. The van der Waals surface area contributed by atoms with Gasteiger partial charge in [0.2, 0.25) is 5.91 Å². The van der Waals surface area contributed by atoms with Crippen LogP contribution in [0, 0.1) is 0 Å². The number of benzene rings is 3. The van der Waals surface area contributed by atoms with Gasteiger partial charge in [0.15, 0.2) is 0 Å². The van der Waals surface area contributed by atoms with Crippen molar-refractivity contribution in [1.29, 1.82) is 0 Å². The number of piperidine rings is 1. The quantitative estimate of drug-likeness (QED) is 0.260. The summed E-state index contributed by atoms with van der Waals surface area (Å²) >= 11 is 6.87. The molecule has 7 nitrogen and oxygen atoms in total. The van der Waals surface area contributed by atoms with Crippen LogP contribution in [0.5, 0.6) is 0 Å². The number of aliphatic hydroxyl groups is 2. The van der Waals surface area contributed by atoms with Crippen LogP contribution in [0.15, 0.2) is 60.7 Å². The molecule has 2 aliphatic rings. The second-order valence-electron chi connectivity index (χ2n) is 11.5. The van der Waals surface area contributed by atoms with Gasteiger partial charge < -0.3 is 25.7 Å².